The summed E-state index contributed by atoms with van der Waals surface area (Å²) in [5.74, 6) is 1.17. The summed E-state index contributed by atoms with van der Waals surface area (Å²) < 4.78 is 1.70. The van der Waals surface area contributed by atoms with Crippen LogP contribution >= 0.6 is 11.6 Å². The lowest BCUT2D eigenvalue weighted by Crippen LogP contribution is -2.09. The molecule has 0 radical (unpaired) electrons. The van der Waals surface area contributed by atoms with Gasteiger partial charge in [0, 0.05) is 30.9 Å². The Bertz CT molecular complexity index is 863. The van der Waals surface area contributed by atoms with Gasteiger partial charge in [0.1, 0.15) is 5.82 Å². The largest absolute Gasteiger partial charge is 0.396 e. The van der Waals surface area contributed by atoms with Gasteiger partial charge in [-0.15, -0.1) is 0 Å². The van der Waals surface area contributed by atoms with Crippen LogP contribution in [-0.4, -0.2) is 38.0 Å². The van der Waals surface area contributed by atoms with E-state index in [2.05, 4.69) is 25.7 Å². The lowest BCUT2D eigenvalue weighted by atomic mass is 10.2. The molecule has 2 heterocycles. The fourth-order valence-corrected chi connectivity index (χ4v) is 2.60. The van der Waals surface area contributed by atoms with Crippen molar-refractivity contribution in [1.29, 1.82) is 0 Å². The maximum absolute atomic E-state index is 8.91. The zero-order chi connectivity index (χ0) is 17.1. The van der Waals surface area contributed by atoms with E-state index in [-0.39, 0.29) is 6.61 Å². The standard InChI is InChI=1S/C16H19ClN6O/c1-10-8-11(17)4-5-13(10)20-14-12-9-19-23(2)15(12)22-16(21-14)18-6-3-7-24/h4-5,8-9,24H,3,6-7H2,1-2H3,(H2,18,20,21,22). The van der Waals surface area contributed by atoms with E-state index in [1.54, 1.807) is 10.9 Å². The molecular formula is C16H19ClN6O. The number of rotatable bonds is 6. The Morgan fingerprint density at radius 1 is 1.29 bits per heavy atom. The van der Waals surface area contributed by atoms with E-state index in [1.807, 2.05) is 32.2 Å². The van der Waals surface area contributed by atoms with Crippen molar-refractivity contribution in [2.75, 3.05) is 23.8 Å². The molecule has 0 aliphatic rings. The maximum Gasteiger partial charge on any atom is 0.226 e. The number of fused-ring (bicyclic) bond motifs is 1. The topological polar surface area (TPSA) is 87.9 Å². The average Bonchev–Trinajstić information content (AvgIpc) is 2.92. The van der Waals surface area contributed by atoms with Crippen LogP contribution in [0.2, 0.25) is 5.02 Å². The molecule has 0 atom stereocenters. The number of aromatic nitrogens is 4. The molecule has 0 unspecified atom stereocenters. The molecule has 0 saturated heterocycles. The lowest BCUT2D eigenvalue weighted by molar-refractivity contribution is 0.292. The van der Waals surface area contributed by atoms with Crippen LogP contribution in [0, 0.1) is 6.92 Å². The van der Waals surface area contributed by atoms with E-state index in [0.29, 0.717) is 29.8 Å². The van der Waals surface area contributed by atoms with Crippen molar-refractivity contribution in [1.82, 2.24) is 19.7 Å². The summed E-state index contributed by atoms with van der Waals surface area (Å²) in [4.78, 5) is 9.02. The molecular weight excluding hydrogens is 328 g/mol. The first kappa shape index (κ1) is 16.5. The van der Waals surface area contributed by atoms with Crippen LogP contribution in [0.15, 0.2) is 24.4 Å². The zero-order valence-electron chi connectivity index (χ0n) is 13.5. The van der Waals surface area contributed by atoms with Crippen LogP contribution in [0.25, 0.3) is 11.0 Å². The Morgan fingerprint density at radius 3 is 2.88 bits per heavy atom. The summed E-state index contributed by atoms with van der Waals surface area (Å²) in [6, 6.07) is 5.64. The number of anilines is 3. The van der Waals surface area contributed by atoms with E-state index in [9.17, 15) is 0 Å². The first-order valence-electron chi connectivity index (χ1n) is 7.66. The summed E-state index contributed by atoms with van der Waals surface area (Å²) in [7, 11) is 1.84. The molecule has 0 amide bonds. The molecule has 2 aromatic heterocycles. The Kier molecular flexibility index (Phi) is 4.82. The molecule has 0 bridgehead atoms. The van der Waals surface area contributed by atoms with Crippen LogP contribution in [0.5, 0.6) is 0 Å². The predicted molar refractivity (Wildman–Crippen MR) is 96.0 cm³/mol. The van der Waals surface area contributed by atoms with Gasteiger partial charge in [-0.25, -0.2) is 0 Å². The molecule has 0 aliphatic heterocycles. The molecule has 0 aliphatic carbocycles. The number of aryl methyl sites for hydroxylation is 2. The quantitative estimate of drug-likeness (QED) is 0.595. The SMILES string of the molecule is Cc1cc(Cl)ccc1Nc1nc(NCCCO)nc2c1cnn2C. The summed E-state index contributed by atoms with van der Waals surface area (Å²) in [6.45, 7) is 2.70. The highest BCUT2D eigenvalue weighted by Gasteiger charge is 2.12. The van der Waals surface area contributed by atoms with Crippen LogP contribution in [0.3, 0.4) is 0 Å². The second-order valence-corrected chi connectivity index (χ2v) is 5.93. The molecule has 0 spiro atoms. The van der Waals surface area contributed by atoms with Gasteiger partial charge in [0.15, 0.2) is 5.65 Å². The van der Waals surface area contributed by atoms with Gasteiger partial charge in [-0.1, -0.05) is 11.6 Å². The molecule has 0 fully saturated rings. The third-order valence-corrected chi connectivity index (χ3v) is 3.89. The van der Waals surface area contributed by atoms with Crippen molar-refractivity contribution in [3.05, 3.63) is 35.0 Å². The minimum atomic E-state index is 0.121. The highest BCUT2D eigenvalue weighted by molar-refractivity contribution is 6.30. The average molecular weight is 347 g/mol. The predicted octanol–water partition coefficient (Wildman–Crippen LogP) is 2.86. The normalized spacial score (nSPS) is 11.0. The van der Waals surface area contributed by atoms with Crippen LogP contribution in [0.4, 0.5) is 17.5 Å². The number of aliphatic hydroxyl groups excluding tert-OH is 1. The maximum atomic E-state index is 8.91. The number of nitrogens with one attached hydrogen (secondary N) is 2. The zero-order valence-corrected chi connectivity index (χ0v) is 14.3. The molecule has 1 aromatic carbocycles. The third-order valence-electron chi connectivity index (χ3n) is 3.65. The Labute approximate surface area is 144 Å². The van der Waals surface area contributed by atoms with Gasteiger partial charge in [-0.05, 0) is 37.1 Å². The van der Waals surface area contributed by atoms with Crippen molar-refractivity contribution in [3.63, 3.8) is 0 Å². The molecule has 3 N–H and O–H groups in total. The molecule has 24 heavy (non-hydrogen) atoms. The van der Waals surface area contributed by atoms with E-state index < -0.39 is 0 Å². The summed E-state index contributed by atoms with van der Waals surface area (Å²) in [5, 5.41) is 21.1. The first-order valence-corrected chi connectivity index (χ1v) is 8.04. The van der Waals surface area contributed by atoms with Crippen molar-refractivity contribution < 1.29 is 5.11 Å². The number of nitrogens with zero attached hydrogens (tertiary/aromatic N) is 4. The van der Waals surface area contributed by atoms with Crippen LogP contribution in [0.1, 0.15) is 12.0 Å². The van der Waals surface area contributed by atoms with Gasteiger partial charge in [-0.2, -0.15) is 15.1 Å². The van der Waals surface area contributed by atoms with Gasteiger partial charge < -0.3 is 15.7 Å². The van der Waals surface area contributed by atoms with Gasteiger partial charge in [0.25, 0.3) is 0 Å². The smallest absolute Gasteiger partial charge is 0.226 e. The first-order chi connectivity index (χ1) is 11.6. The van der Waals surface area contributed by atoms with Crippen molar-refractivity contribution in [2.24, 2.45) is 7.05 Å². The summed E-state index contributed by atoms with van der Waals surface area (Å²) in [6.07, 6.45) is 2.37. The van der Waals surface area contributed by atoms with Crippen molar-refractivity contribution in [2.45, 2.75) is 13.3 Å². The van der Waals surface area contributed by atoms with Gasteiger partial charge >= 0.3 is 0 Å². The number of halogens is 1. The highest BCUT2D eigenvalue weighted by Crippen LogP contribution is 2.27. The Hall–Kier alpha value is -2.38. The summed E-state index contributed by atoms with van der Waals surface area (Å²) >= 11 is 6.02. The number of aliphatic hydroxyl groups is 1. The van der Waals surface area contributed by atoms with E-state index >= 15 is 0 Å². The molecule has 3 rings (SSSR count). The third kappa shape index (κ3) is 3.42. The molecule has 126 valence electrons. The fraction of sp³-hybridized carbons (Fsp3) is 0.312. The van der Waals surface area contributed by atoms with Gasteiger partial charge in [-0.3, -0.25) is 4.68 Å². The lowest BCUT2D eigenvalue weighted by Gasteiger charge is -2.12. The fourth-order valence-electron chi connectivity index (χ4n) is 2.37. The van der Waals surface area contributed by atoms with E-state index in [4.69, 9.17) is 16.7 Å². The molecule has 3 aromatic rings. The van der Waals surface area contributed by atoms with Gasteiger partial charge in [0.2, 0.25) is 5.95 Å². The minimum absolute atomic E-state index is 0.121. The monoisotopic (exact) mass is 346 g/mol. The highest BCUT2D eigenvalue weighted by atomic mass is 35.5. The molecule has 8 heteroatoms. The Balaban J connectivity index is 1.98. The van der Waals surface area contributed by atoms with E-state index in [0.717, 1.165) is 22.3 Å². The minimum Gasteiger partial charge on any atom is -0.396 e. The van der Waals surface area contributed by atoms with Crippen molar-refractivity contribution in [3.8, 4) is 0 Å². The summed E-state index contributed by atoms with van der Waals surface area (Å²) in [5.41, 5.74) is 2.67. The van der Waals surface area contributed by atoms with Gasteiger partial charge in [0.05, 0.1) is 11.6 Å². The molecule has 7 nitrogen and oxygen atoms in total. The number of hydrogen-bond acceptors (Lipinski definition) is 6. The second-order valence-electron chi connectivity index (χ2n) is 5.49. The van der Waals surface area contributed by atoms with Crippen LogP contribution < -0.4 is 10.6 Å². The Morgan fingerprint density at radius 2 is 2.12 bits per heavy atom. The van der Waals surface area contributed by atoms with Crippen LogP contribution in [-0.2, 0) is 7.05 Å². The molecule has 0 saturated carbocycles. The second kappa shape index (κ2) is 7.02. The van der Waals surface area contributed by atoms with E-state index in [1.165, 1.54) is 0 Å². The van der Waals surface area contributed by atoms with Crippen molar-refractivity contribution >= 4 is 40.1 Å². The number of benzene rings is 1. The number of hydrogen-bond donors (Lipinski definition) is 3.